The first-order valence-corrected chi connectivity index (χ1v) is 9.74. The molecule has 5 nitrogen and oxygen atoms in total. The summed E-state index contributed by atoms with van der Waals surface area (Å²) in [5.74, 6) is -0.0983. The van der Waals surface area contributed by atoms with Gasteiger partial charge in [0.15, 0.2) is 0 Å². The van der Waals surface area contributed by atoms with Gasteiger partial charge in [-0.2, -0.15) is 0 Å². The van der Waals surface area contributed by atoms with E-state index in [-0.39, 0.29) is 18.2 Å². The summed E-state index contributed by atoms with van der Waals surface area (Å²) in [5.41, 5.74) is 8.63. The molecule has 0 spiro atoms. The molecule has 0 atom stereocenters. The highest BCUT2D eigenvalue weighted by molar-refractivity contribution is 5.84. The molecule has 0 radical (unpaired) electrons. The van der Waals surface area contributed by atoms with Crippen molar-refractivity contribution in [3.63, 3.8) is 0 Å². The van der Waals surface area contributed by atoms with Gasteiger partial charge in [0.25, 0.3) is 0 Å². The van der Waals surface area contributed by atoms with E-state index in [1.165, 1.54) is 16.1 Å². The zero-order valence-electron chi connectivity index (χ0n) is 16.5. The van der Waals surface area contributed by atoms with Crippen molar-refractivity contribution in [2.45, 2.75) is 39.7 Å². The minimum absolute atomic E-state index is 0.0275. The van der Waals surface area contributed by atoms with E-state index in [1.807, 2.05) is 37.3 Å². The van der Waals surface area contributed by atoms with Gasteiger partial charge in [0.05, 0.1) is 12.2 Å². The molecule has 0 saturated heterocycles. The van der Waals surface area contributed by atoms with Crippen molar-refractivity contribution < 1.29 is 9.59 Å². The minimum Gasteiger partial charge on any atom is -0.352 e. The summed E-state index contributed by atoms with van der Waals surface area (Å²) in [6, 6.07) is 16.4. The fraction of sp³-hybridized carbons (Fsp3) is 0.304. The smallest absolute Gasteiger partial charge is 0.244 e. The topological polar surface area (TPSA) is 61.4 Å². The van der Waals surface area contributed by atoms with E-state index in [4.69, 9.17) is 0 Å². The lowest BCUT2D eigenvalue weighted by Crippen LogP contribution is -2.45. The average Bonchev–Trinajstić information content (AvgIpc) is 2.73. The van der Waals surface area contributed by atoms with Gasteiger partial charge in [-0.1, -0.05) is 61.0 Å². The van der Waals surface area contributed by atoms with Gasteiger partial charge in [0, 0.05) is 19.4 Å². The molecule has 0 saturated carbocycles. The highest BCUT2D eigenvalue weighted by atomic mass is 16.2. The number of nitrogens with zero attached hydrogens (tertiary/aromatic N) is 1. The standard InChI is InChI=1S/C23H27N3O2/c1-3-18-8-10-20(11-9-18)21-12-13-23(28)26(25-21)15-14-22(27)24-16-19-6-4-17(2)5-7-19/h4-12,25H,3,13-16H2,1-2H3,(H,24,27). The summed E-state index contributed by atoms with van der Waals surface area (Å²) in [6.07, 6.45) is 3.49. The van der Waals surface area contributed by atoms with Gasteiger partial charge < -0.3 is 5.32 Å². The zero-order valence-corrected chi connectivity index (χ0v) is 16.5. The maximum atomic E-state index is 12.2. The summed E-state index contributed by atoms with van der Waals surface area (Å²) in [4.78, 5) is 24.3. The van der Waals surface area contributed by atoms with Crippen LogP contribution in [0.1, 0.15) is 42.0 Å². The second-order valence-corrected chi connectivity index (χ2v) is 7.04. The summed E-state index contributed by atoms with van der Waals surface area (Å²) < 4.78 is 0. The van der Waals surface area contributed by atoms with Crippen molar-refractivity contribution in [3.8, 4) is 0 Å². The number of aryl methyl sites for hydroxylation is 2. The molecule has 2 aromatic rings. The lowest BCUT2D eigenvalue weighted by Gasteiger charge is -2.29. The second-order valence-electron chi connectivity index (χ2n) is 7.04. The van der Waals surface area contributed by atoms with Crippen LogP contribution >= 0.6 is 0 Å². The Kier molecular flexibility index (Phi) is 6.48. The SMILES string of the molecule is CCc1ccc(C2=CCC(=O)N(CCC(=O)NCc3ccc(C)cc3)N2)cc1. The minimum atomic E-state index is -0.0708. The molecule has 2 N–H and O–H groups in total. The van der Waals surface area contributed by atoms with Crippen molar-refractivity contribution >= 4 is 17.5 Å². The van der Waals surface area contributed by atoms with Crippen LogP contribution < -0.4 is 10.7 Å². The molecule has 0 aliphatic carbocycles. The monoisotopic (exact) mass is 377 g/mol. The van der Waals surface area contributed by atoms with Crippen LogP contribution in [0.15, 0.2) is 54.6 Å². The Morgan fingerprint density at radius 3 is 2.43 bits per heavy atom. The predicted molar refractivity (Wildman–Crippen MR) is 111 cm³/mol. The maximum absolute atomic E-state index is 12.2. The lowest BCUT2D eigenvalue weighted by atomic mass is 10.1. The normalized spacial score (nSPS) is 13.7. The Balaban J connectivity index is 1.50. The number of hydrogen-bond donors (Lipinski definition) is 2. The van der Waals surface area contributed by atoms with Crippen molar-refractivity contribution in [2.24, 2.45) is 0 Å². The van der Waals surface area contributed by atoms with Crippen LogP contribution in [0.4, 0.5) is 0 Å². The third-order valence-corrected chi connectivity index (χ3v) is 4.88. The third-order valence-electron chi connectivity index (χ3n) is 4.88. The maximum Gasteiger partial charge on any atom is 0.244 e. The molecule has 0 aromatic heterocycles. The zero-order chi connectivity index (χ0) is 19.9. The summed E-state index contributed by atoms with van der Waals surface area (Å²) in [7, 11) is 0. The Morgan fingerprint density at radius 1 is 1.07 bits per heavy atom. The number of hydrogen-bond acceptors (Lipinski definition) is 3. The number of carbonyl (C=O) groups is 2. The number of benzene rings is 2. The van der Waals surface area contributed by atoms with Gasteiger partial charge in [-0.15, -0.1) is 0 Å². The van der Waals surface area contributed by atoms with Crippen molar-refractivity contribution in [3.05, 3.63) is 76.9 Å². The largest absolute Gasteiger partial charge is 0.352 e. The van der Waals surface area contributed by atoms with E-state index in [9.17, 15) is 9.59 Å². The van der Waals surface area contributed by atoms with Gasteiger partial charge in [-0.3, -0.25) is 20.0 Å². The average molecular weight is 377 g/mol. The number of hydrazine groups is 1. The molecule has 2 aromatic carbocycles. The molecule has 2 amide bonds. The van der Waals surface area contributed by atoms with Crippen molar-refractivity contribution in [2.75, 3.05) is 6.54 Å². The third kappa shape index (κ3) is 5.22. The van der Waals surface area contributed by atoms with Gasteiger partial charge in [0.1, 0.15) is 0 Å². The molecular weight excluding hydrogens is 350 g/mol. The van der Waals surface area contributed by atoms with Crippen LogP contribution in [-0.2, 0) is 22.6 Å². The van der Waals surface area contributed by atoms with Crippen LogP contribution in [-0.4, -0.2) is 23.4 Å². The van der Waals surface area contributed by atoms with Gasteiger partial charge >= 0.3 is 0 Å². The van der Waals surface area contributed by atoms with E-state index < -0.39 is 0 Å². The summed E-state index contributed by atoms with van der Waals surface area (Å²) >= 11 is 0. The molecule has 0 unspecified atom stereocenters. The number of amides is 2. The molecule has 5 heteroatoms. The van der Waals surface area contributed by atoms with Crippen LogP contribution in [0.3, 0.4) is 0 Å². The first kappa shape index (κ1) is 19.7. The molecule has 0 fully saturated rings. The molecule has 28 heavy (non-hydrogen) atoms. The first-order chi connectivity index (χ1) is 13.5. The quantitative estimate of drug-likeness (QED) is 0.778. The highest BCUT2D eigenvalue weighted by Crippen LogP contribution is 2.18. The molecule has 1 aliphatic rings. The second kappa shape index (κ2) is 9.22. The Labute approximate surface area is 166 Å². The van der Waals surface area contributed by atoms with Crippen LogP contribution in [0, 0.1) is 6.92 Å². The van der Waals surface area contributed by atoms with Crippen molar-refractivity contribution in [1.29, 1.82) is 0 Å². The van der Waals surface area contributed by atoms with Gasteiger partial charge in [-0.25, -0.2) is 0 Å². The van der Waals surface area contributed by atoms with Gasteiger partial charge in [0.2, 0.25) is 11.8 Å². The van der Waals surface area contributed by atoms with Gasteiger partial charge in [-0.05, 0) is 36.1 Å². The first-order valence-electron chi connectivity index (χ1n) is 9.74. The Bertz CT molecular complexity index is 854. The molecule has 1 heterocycles. The van der Waals surface area contributed by atoms with Crippen LogP contribution in [0.5, 0.6) is 0 Å². The molecular formula is C23H27N3O2. The molecule has 1 aliphatic heterocycles. The van der Waals surface area contributed by atoms with E-state index in [2.05, 4.69) is 41.9 Å². The fourth-order valence-electron chi connectivity index (χ4n) is 3.04. The van der Waals surface area contributed by atoms with E-state index in [1.54, 1.807) is 0 Å². The molecule has 3 rings (SSSR count). The summed E-state index contributed by atoms with van der Waals surface area (Å²) in [6.45, 7) is 4.99. The fourth-order valence-corrected chi connectivity index (χ4v) is 3.04. The Morgan fingerprint density at radius 2 is 1.75 bits per heavy atom. The van der Waals surface area contributed by atoms with E-state index >= 15 is 0 Å². The number of carbonyl (C=O) groups excluding carboxylic acids is 2. The number of nitrogens with one attached hydrogen (secondary N) is 2. The lowest BCUT2D eigenvalue weighted by molar-refractivity contribution is -0.133. The van der Waals surface area contributed by atoms with Crippen LogP contribution in [0.2, 0.25) is 0 Å². The number of rotatable bonds is 7. The van der Waals surface area contributed by atoms with E-state index in [0.717, 1.165) is 23.2 Å². The van der Waals surface area contributed by atoms with E-state index in [0.29, 0.717) is 19.5 Å². The Hall–Kier alpha value is -3.08. The molecule has 146 valence electrons. The molecule has 0 bridgehead atoms. The highest BCUT2D eigenvalue weighted by Gasteiger charge is 2.20. The van der Waals surface area contributed by atoms with Crippen LogP contribution in [0.25, 0.3) is 5.70 Å². The summed E-state index contributed by atoms with van der Waals surface area (Å²) in [5, 5.41) is 4.45. The van der Waals surface area contributed by atoms with Crippen molar-refractivity contribution in [1.82, 2.24) is 15.8 Å². The predicted octanol–water partition coefficient (Wildman–Crippen LogP) is 3.34.